The Hall–Kier alpha value is -1.16. The number of aromatic nitrogens is 1. The first-order chi connectivity index (χ1) is 6.86. The molecule has 2 heteroatoms. The average molecular weight is 173 g/mol. The van der Waals surface area contributed by atoms with Crippen molar-refractivity contribution in [3.63, 3.8) is 0 Å². The van der Waals surface area contributed by atoms with Gasteiger partial charge < -0.3 is 0 Å². The summed E-state index contributed by atoms with van der Waals surface area (Å²) in [5.74, 6) is 0. The van der Waals surface area contributed by atoms with Gasteiger partial charge in [-0.05, 0) is 0 Å². The third kappa shape index (κ3) is 1.03. The van der Waals surface area contributed by atoms with Gasteiger partial charge in [0.1, 0.15) is 0 Å². The molecule has 2 aromatic carbocycles. The minimum atomic E-state index is 1.22. The van der Waals surface area contributed by atoms with E-state index in [4.69, 9.17) is 0 Å². The Morgan fingerprint density at radius 2 is 1.64 bits per heavy atom. The van der Waals surface area contributed by atoms with Crippen molar-refractivity contribution in [2.75, 3.05) is 0 Å². The van der Waals surface area contributed by atoms with Crippen LogP contribution in [0.15, 0.2) is 42.5 Å². The van der Waals surface area contributed by atoms with E-state index in [1.54, 1.807) is 0 Å². The van der Waals surface area contributed by atoms with Crippen molar-refractivity contribution in [2.45, 2.75) is 0 Å². The third-order valence-corrected chi connectivity index (χ3v) is 2.75. The van der Waals surface area contributed by atoms with Crippen LogP contribution in [0.2, 0.25) is 0 Å². The molecule has 0 aliphatic carbocycles. The van der Waals surface area contributed by atoms with Crippen LogP contribution < -0.4 is 4.24 Å². The van der Waals surface area contributed by atoms with E-state index in [1.807, 2.05) is 0 Å². The van der Waals surface area contributed by atoms with Gasteiger partial charge in [0, 0.05) is 0 Å². The Kier molecular flexibility index (Phi) is 1.70. The number of benzene rings is 2. The Labute approximate surface area is 91.3 Å². The molecule has 0 aliphatic rings. The predicted molar refractivity (Wildman–Crippen MR) is 61.2 cm³/mol. The molecular formula is C12H8LiN. The summed E-state index contributed by atoms with van der Waals surface area (Å²) >= 11 is 2.14. The van der Waals surface area contributed by atoms with Crippen LogP contribution in [-0.2, 0) is 0 Å². The number of H-pyrrole nitrogens is 1. The Bertz CT molecular complexity index is 610. The number of hydrogen-bond acceptors (Lipinski definition) is 0. The maximum absolute atomic E-state index is 3.45. The van der Waals surface area contributed by atoms with E-state index in [0.29, 0.717) is 0 Å². The molecule has 0 bridgehead atoms. The maximum atomic E-state index is 3.45. The number of para-hydroxylation sites is 2. The number of nitrogens with one attached hydrogen (secondary N) is 1. The molecule has 0 aliphatic heterocycles. The molecule has 0 spiro atoms. The van der Waals surface area contributed by atoms with Gasteiger partial charge in [0.25, 0.3) is 0 Å². The van der Waals surface area contributed by atoms with Crippen LogP contribution in [0, 0.1) is 0 Å². The molecule has 0 fully saturated rings. The molecular weight excluding hydrogens is 165 g/mol. The zero-order chi connectivity index (χ0) is 9.54. The molecule has 0 amide bonds. The zero-order valence-corrected chi connectivity index (χ0v) is 8.04. The van der Waals surface area contributed by atoms with Crippen LogP contribution in [0.3, 0.4) is 0 Å². The van der Waals surface area contributed by atoms with Gasteiger partial charge in [-0.2, -0.15) is 0 Å². The number of fused-ring (bicyclic) bond motifs is 3. The molecule has 0 saturated heterocycles. The molecule has 0 saturated carbocycles. The average Bonchev–Trinajstić information content (AvgIpc) is 2.59. The molecule has 3 rings (SSSR count). The van der Waals surface area contributed by atoms with Crippen LogP contribution in [0.25, 0.3) is 21.8 Å². The van der Waals surface area contributed by atoms with Crippen LogP contribution in [0.5, 0.6) is 0 Å². The van der Waals surface area contributed by atoms with Crippen molar-refractivity contribution in [3.8, 4) is 0 Å². The number of hydrogen-bond donors (Lipinski definition) is 1. The molecule has 0 atom stereocenters. The summed E-state index contributed by atoms with van der Waals surface area (Å²) in [5, 5.41) is 2.63. The molecule has 1 nitrogen and oxygen atoms in total. The second kappa shape index (κ2) is 2.92. The second-order valence-corrected chi connectivity index (χ2v) is 3.67. The molecule has 62 valence electrons. The summed E-state index contributed by atoms with van der Waals surface area (Å²) < 4.78 is 1.30. The van der Waals surface area contributed by atoms with Gasteiger partial charge in [0.05, 0.1) is 0 Å². The van der Waals surface area contributed by atoms with Gasteiger partial charge in [0.2, 0.25) is 0 Å². The molecule has 1 aromatic heterocycles. The summed E-state index contributed by atoms with van der Waals surface area (Å²) in [6.07, 6.45) is 0. The monoisotopic (exact) mass is 173 g/mol. The Balaban J connectivity index is 2.63. The van der Waals surface area contributed by atoms with Crippen LogP contribution in [-0.4, -0.2) is 22.7 Å². The zero-order valence-electron chi connectivity index (χ0n) is 8.04. The summed E-state index contributed by atoms with van der Waals surface area (Å²) in [5.41, 5.74) is 2.48. The summed E-state index contributed by atoms with van der Waals surface area (Å²) in [7, 11) is 0. The second-order valence-electron chi connectivity index (χ2n) is 3.67. The van der Waals surface area contributed by atoms with E-state index in [1.165, 1.54) is 26.0 Å². The van der Waals surface area contributed by atoms with E-state index in [2.05, 4.69) is 65.2 Å². The predicted octanol–water partition coefficient (Wildman–Crippen LogP) is 2.11. The van der Waals surface area contributed by atoms with E-state index in [0.717, 1.165) is 0 Å². The third-order valence-electron chi connectivity index (χ3n) is 2.75. The van der Waals surface area contributed by atoms with Gasteiger partial charge in [-0.15, -0.1) is 0 Å². The van der Waals surface area contributed by atoms with Crippen molar-refractivity contribution in [1.82, 2.24) is 4.98 Å². The van der Waals surface area contributed by atoms with Crippen molar-refractivity contribution in [1.29, 1.82) is 0 Å². The fraction of sp³-hybridized carbons (Fsp3) is 0. The van der Waals surface area contributed by atoms with E-state index < -0.39 is 0 Å². The van der Waals surface area contributed by atoms with Crippen LogP contribution >= 0.6 is 0 Å². The van der Waals surface area contributed by atoms with Crippen LogP contribution in [0.4, 0.5) is 0 Å². The first-order valence-corrected chi connectivity index (χ1v) is 4.82. The Morgan fingerprint density at radius 3 is 2.57 bits per heavy atom. The minimum absolute atomic E-state index is 1.22. The van der Waals surface area contributed by atoms with Crippen molar-refractivity contribution in [2.24, 2.45) is 0 Å². The van der Waals surface area contributed by atoms with Gasteiger partial charge in [-0.25, -0.2) is 0 Å². The normalized spacial score (nSPS) is 11.3. The van der Waals surface area contributed by atoms with E-state index in [-0.39, 0.29) is 0 Å². The van der Waals surface area contributed by atoms with Gasteiger partial charge in [0.15, 0.2) is 0 Å². The summed E-state index contributed by atoms with van der Waals surface area (Å²) in [6, 6.07) is 14.8. The number of aromatic amines is 1. The summed E-state index contributed by atoms with van der Waals surface area (Å²) in [4.78, 5) is 3.45. The SMILES string of the molecule is [Li][c]1cccc2c1[nH]c1ccccc12. The molecule has 0 radical (unpaired) electrons. The van der Waals surface area contributed by atoms with E-state index in [9.17, 15) is 0 Å². The summed E-state index contributed by atoms with van der Waals surface area (Å²) in [6.45, 7) is 0. The molecule has 1 heterocycles. The van der Waals surface area contributed by atoms with Crippen LogP contribution in [0.1, 0.15) is 0 Å². The van der Waals surface area contributed by atoms with Crippen molar-refractivity contribution >= 4 is 43.8 Å². The van der Waals surface area contributed by atoms with Gasteiger partial charge in [-0.1, -0.05) is 0 Å². The molecule has 1 N–H and O–H groups in total. The molecule has 3 aromatic rings. The first-order valence-electron chi connectivity index (χ1n) is 4.82. The van der Waals surface area contributed by atoms with Gasteiger partial charge in [-0.3, -0.25) is 0 Å². The number of rotatable bonds is 0. The van der Waals surface area contributed by atoms with Gasteiger partial charge >= 0.3 is 91.2 Å². The Morgan fingerprint density at radius 1 is 0.857 bits per heavy atom. The fourth-order valence-corrected chi connectivity index (χ4v) is 2.02. The first kappa shape index (κ1) is 8.17. The van der Waals surface area contributed by atoms with E-state index >= 15 is 0 Å². The van der Waals surface area contributed by atoms with Crippen molar-refractivity contribution in [3.05, 3.63) is 42.5 Å². The molecule has 14 heavy (non-hydrogen) atoms. The van der Waals surface area contributed by atoms with Crippen molar-refractivity contribution < 1.29 is 0 Å². The quantitative estimate of drug-likeness (QED) is 0.501. The molecule has 0 unspecified atom stereocenters. The standard InChI is InChI=1S/C12H8N.Li/c1-3-7-11-9(5-1)10-6-2-4-8-12(10)13-11;/h1-7,13H;. The fourth-order valence-electron chi connectivity index (χ4n) is 2.02. The topological polar surface area (TPSA) is 15.8 Å².